The molecule has 0 spiro atoms. The van der Waals surface area contributed by atoms with Crippen LogP contribution in [0.4, 0.5) is 0 Å². The molecule has 1 aliphatic heterocycles. The van der Waals surface area contributed by atoms with E-state index in [2.05, 4.69) is 18.1 Å². The molecule has 23 heavy (non-hydrogen) atoms. The van der Waals surface area contributed by atoms with Crippen molar-refractivity contribution < 1.29 is 9.90 Å². The zero-order chi connectivity index (χ0) is 16.8. The summed E-state index contributed by atoms with van der Waals surface area (Å²) in [5, 5.41) is 10.6. The molecule has 0 saturated carbocycles. The molecular formula is C18H27N3O2. The van der Waals surface area contributed by atoms with E-state index in [1.807, 2.05) is 22.7 Å². The fourth-order valence-electron chi connectivity index (χ4n) is 3.30. The van der Waals surface area contributed by atoms with Crippen LogP contribution in [0.3, 0.4) is 0 Å². The fraction of sp³-hybridized carbons (Fsp3) is 0.556. The molecule has 1 fully saturated rings. The molecule has 0 aromatic carbocycles. The van der Waals surface area contributed by atoms with E-state index in [4.69, 9.17) is 0 Å². The van der Waals surface area contributed by atoms with E-state index < -0.39 is 6.10 Å². The molecular weight excluding hydrogens is 290 g/mol. The van der Waals surface area contributed by atoms with Gasteiger partial charge in [0.05, 0.1) is 0 Å². The van der Waals surface area contributed by atoms with Crippen molar-refractivity contribution in [3.63, 3.8) is 0 Å². The van der Waals surface area contributed by atoms with Crippen molar-refractivity contribution in [3.05, 3.63) is 43.5 Å². The minimum atomic E-state index is -0.636. The first-order valence-corrected chi connectivity index (χ1v) is 8.24. The summed E-state index contributed by atoms with van der Waals surface area (Å²) in [7, 11) is 1.88. The smallest absolute Gasteiger partial charge is 0.226 e. The van der Waals surface area contributed by atoms with Crippen LogP contribution in [0.5, 0.6) is 0 Å². The molecule has 126 valence electrons. The number of aryl methyl sites for hydroxylation is 1. The number of carbonyl (C=O) groups is 1. The Morgan fingerprint density at radius 3 is 2.74 bits per heavy atom. The van der Waals surface area contributed by atoms with Gasteiger partial charge in [0.25, 0.3) is 0 Å². The molecule has 1 amide bonds. The Balaban J connectivity index is 2.05. The first-order valence-electron chi connectivity index (χ1n) is 8.24. The third-order valence-electron chi connectivity index (χ3n) is 4.59. The first-order chi connectivity index (χ1) is 11.1. The van der Waals surface area contributed by atoms with Crippen LogP contribution in [0.2, 0.25) is 0 Å². The van der Waals surface area contributed by atoms with Crippen molar-refractivity contribution in [1.82, 2.24) is 14.5 Å². The average Bonchev–Trinajstić information content (AvgIpc) is 2.99. The highest BCUT2D eigenvalue weighted by atomic mass is 16.3. The van der Waals surface area contributed by atoms with E-state index in [1.54, 1.807) is 18.3 Å². The lowest BCUT2D eigenvalue weighted by molar-refractivity contribution is -0.138. The lowest BCUT2D eigenvalue weighted by Crippen LogP contribution is -2.44. The van der Waals surface area contributed by atoms with Gasteiger partial charge in [-0.15, -0.1) is 13.2 Å². The minimum Gasteiger partial charge on any atom is -0.385 e. The molecule has 1 aromatic rings. The Morgan fingerprint density at radius 2 is 2.17 bits per heavy atom. The maximum Gasteiger partial charge on any atom is 0.226 e. The van der Waals surface area contributed by atoms with Crippen molar-refractivity contribution in [1.29, 1.82) is 0 Å². The topological polar surface area (TPSA) is 58.4 Å². The van der Waals surface area contributed by atoms with Crippen molar-refractivity contribution in [3.8, 4) is 0 Å². The Labute approximate surface area is 138 Å². The van der Waals surface area contributed by atoms with Crippen molar-refractivity contribution >= 4 is 5.91 Å². The highest BCUT2D eigenvalue weighted by Gasteiger charge is 2.32. The number of allylic oxidation sites excluding steroid dienone is 2. The van der Waals surface area contributed by atoms with Crippen LogP contribution in [0.15, 0.2) is 37.7 Å². The molecule has 0 radical (unpaired) electrons. The predicted octanol–water partition coefficient (Wildman–Crippen LogP) is 2.46. The Morgan fingerprint density at radius 1 is 1.48 bits per heavy atom. The van der Waals surface area contributed by atoms with Gasteiger partial charge in [-0.25, -0.2) is 4.98 Å². The number of rotatable bonds is 7. The largest absolute Gasteiger partial charge is 0.385 e. The van der Waals surface area contributed by atoms with Crippen molar-refractivity contribution in [2.24, 2.45) is 18.9 Å². The minimum absolute atomic E-state index is 0.0295. The number of nitrogens with zero attached hydrogens (tertiary/aromatic N) is 3. The quantitative estimate of drug-likeness (QED) is 0.786. The van der Waals surface area contributed by atoms with Gasteiger partial charge >= 0.3 is 0 Å². The summed E-state index contributed by atoms with van der Waals surface area (Å²) in [5.41, 5.74) is 0. The molecule has 5 nitrogen and oxygen atoms in total. The van der Waals surface area contributed by atoms with Crippen molar-refractivity contribution in [2.75, 3.05) is 13.1 Å². The second-order valence-electron chi connectivity index (χ2n) is 6.27. The number of amides is 1. The number of aliphatic hydroxyl groups excluding tert-OH is 1. The van der Waals surface area contributed by atoms with E-state index in [0.717, 1.165) is 19.4 Å². The SMILES string of the molecule is C=CCC(CC=C)C(=O)N1CCCC(C(O)c2nccn2C)C1. The van der Waals surface area contributed by atoms with Crippen molar-refractivity contribution in [2.45, 2.75) is 31.8 Å². The second-order valence-corrected chi connectivity index (χ2v) is 6.27. The van der Waals surface area contributed by atoms with Gasteiger partial charge in [0.15, 0.2) is 0 Å². The normalized spacial score (nSPS) is 19.6. The summed E-state index contributed by atoms with van der Waals surface area (Å²) in [6.07, 6.45) is 9.60. The van der Waals surface area contributed by atoms with Gasteiger partial charge in [0.2, 0.25) is 5.91 Å². The summed E-state index contributed by atoms with van der Waals surface area (Å²) in [6.45, 7) is 8.82. The van der Waals surface area contributed by atoms with Crippen LogP contribution in [0, 0.1) is 11.8 Å². The highest BCUT2D eigenvalue weighted by molar-refractivity contribution is 5.79. The van der Waals surface area contributed by atoms with E-state index >= 15 is 0 Å². The number of carbonyl (C=O) groups excluding carboxylic acids is 1. The monoisotopic (exact) mass is 317 g/mol. The molecule has 2 rings (SSSR count). The molecule has 0 aliphatic carbocycles. The maximum absolute atomic E-state index is 12.7. The number of aromatic nitrogens is 2. The Hall–Kier alpha value is -1.88. The van der Waals surface area contributed by atoms with Crippen LogP contribution < -0.4 is 0 Å². The van der Waals surface area contributed by atoms with Gasteiger partial charge in [-0.3, -0.25) is 4.79 Å². The fourth-order valence-corrected chi connectivity index (χ4v) is 3.30. The first kappa shape index (κ1) is 17.5. The maximum atomic E-state index is 12.7. The number of hydrogen-bond donors (Lipinski definition) is 1. The Kier molecular flexibility index (Phi) is 6.16. The van der Waals surface area contributed by atoms with Gasteiger partial charge < -0.3 is 14.6 Å². The third-order valence-corrected chi connectivity index (χ3v) is 4.59. The molecule has 2 atom stereocenters. The lowest BCUT2D eigenvalue weighted by Gasteiger charge is -2.36. The molecule has 1 saturated heterocycles. The number of likely N-dealkylation sites (tertiary alicyclic amines) is 1. The van der Waals surface area contributed by atoms with E-state index in [1.165, 1.54) is 0 Å². The summed E-state index contributed by atoms with van der Waals surface area (Å²) in [4.78, 5) is 18.9. The standard InChI is InChI=1S/C18H27N3O2/c1-4-7-14(8-5-2)18(23)21-11-6-9-15(13-21)16(22)17-19-10-12-20(17)3/h4-5,10,12,14-16,22H,1-2,6-9,11,13H2,3H3. The molecule has 2 unspecified atom stereocenters. The van der Waals surface area contributed by atoms with E-state index in [0.29, 0.717) is 25.2 Å². The Bertz CT molecular complexity index is 542. The summed E-state index contributed by atoms with van der Waals surface area (Å²) < 4.78 is 1.84. The summed E-state index contributed by atoms with van der Waals surface area (Å²) >= 11 is 0. The predicted molar refractivity (Wildman–Crippen MR) is 90.6 cm³/mol. The third kappa shape index (κ3) is 4.10. The van der Waals surface area contributed by atoms with Crippen LogP contribution in [-0.2, 0) is 11.8 Å². The average molecular weight is 317 g/mol. The zero-order valence-corrected chi connectivity index (χ0v) is 13.9. The lowest BCUT2D eigenvalue weighted by atomic mass is 9.90. The van der Waals surface area contributed by atoms with Gasteiger partial charge in [0.1, 0.15) is 11.9 Å². The number of aliphatic hydroxyl groups is 1. The summed E-state index contributed by atoms with van der Waals surface area (Å²) in [5.74, 6) is 0.746. The van der Waals surface area contributed by atoms with Gasteiger partial charge in [-0.05, 0) is 25.7 Å². The number of imidazole rings is 1. The van der Waals surface area contributed by atoms with E-state index in [9.17, 15) is 9.90 Å². The molecule has 1 N–H and O–H groups in total. The van der Waals surface area contributed by atoms with Crippen LogP contribution in [-0.4, -0.2) is 38.6 Å². The molecule has 1 aliphatic rings. The highest BCUT2D eigenvalue weighted by Crippen LogP contribution is 2.30. The second kappa shape index (κ2) is 8.11. The molecule has 1 aromatic heterocycles. The molecule has 0 bridgehead atoms. The molecule has 2 heterocycles. The van der Waals surface area contributed by atoms with Crippen LogP contribution in [0.1, 0.15) is 37.6 Å². The summed E-state index contributed by atoms with van der Waals surface area (Å²) in [6, 6.07) is 0. The molecule has 5 heteroatoms. The van der Waals surface area contributed by atoms with Crippen LogP contribution >= 0.6 is 0 Å². The zero-order valence-electron chi connectivity index (χ0n) is 13.9. The van der Waals surface area contributed by atoms with Crippen LogP contribution in [0.25, 0.3) is 0 Å². The van der Waals surface area contributed by atoms with Gasteiger partial charge in [-0.2, -0.15) is 0 Å². The van der Waals surface area contributed by atoms with E-state index in [-0.39, 0.29) is 17.7 Å². The number of hydrogen-bond acceptors (Lipinski definition) is 3. The van der Waals surface area contributed by atoms with Gasteiger partial charge in [-0.1, -0.05) is 12.2 Å². The van der Waals surface area contributed by atoms with Gasteiger partial charge in [0, 0.05) is 44.4 Å². The number of piperidine rings is 1.